The minimum atomic E-state index is -0.934. The quantitative estimate of drug-likeness (QED) is 0.606. The van der Waals surface area contributed by atoms with Crippen LogP contribution in [0.2, 0.25) is 0 Å². The smallest absolute Gasteiger partial charge is 0.347 e. The van der Waals surface area contributed by atoms with Crippen molar-refractivity contribution >= 4 is 5.97 Å². The molecule has 0 spiro atoms. The molecule has 5 nitrogen and oxygen atoms in total. The Balaban J connectivity index is 1.84. The Kier molecular flexibility index (Phi) is 6.06. The number of hydrogen-bond acceptors (Lipinski definition) is 5. The van der Waals surface area contributed by atoms with Crippen LogP contribution in [0.3, 0.4) is 0 Å². The number of aryl methyl sites for hydroxylation is 1. The number of esters is 1. The molecule has 0 aromatic heterocycles. The van der Waals surface area contributed by atoms with E-state index in [0.717, 1.165) is 36.9 Å². The second kappa shape index (κ2) is 8.33. The Morgan fingerprint density at radius 1 is 1.21 bits per heavy atom. The van der Waals surface area contributed by atoms with Gasteiger partial charge in [0, 0.05) is 12.5 Å². The molecule has 0 bridgehead atoms. The van der Waals surface area contributed by atoms with E-state index in [-0.39, 0.29) is 17.2 Å². The van der Waals surface area contributed by atoms with Crippen LogP contribution in [0.4, 0.5) is 0 Å². The predicted octanol–water partition coefficient (Wildman–Crippen LogP) is 3.86. The van der Waals surface area contributed by atoms with Crippen molar-refractivity contribution in [3.05, 3.63) is 59.2 Å². The number of hydrogen-bond donors (Lipinski definition) is 2. The van der Waals surface area contributed by atoms with Crippen LogP contribution in [0.5, 0.6) is 11.5 Å². The lowest BCUT2D eigenvalue weighted by Gasteiger charge is -2.41. The Morgan fingerprint density at radius 3 is 2.71 bits per heavy atom. The van der Waals surface area contributed by atoms with Crippen LogP contribution in [0.25, 0.3) is 0 Å². The number of phenols is 1. The fourth-order valence-electron chi connectivity index (χ4n) is 4.10. The number of phenolic OH excluding ortho intramolecular Hbond substituents is 1. The molecular formula is C23H29NO4. The van der Waals surface area contributed by atoms with Gasteiger partial charge in [-0.3, -0.25) is 0 Å². The average Bonchev–Trinajstić information content (AvgIpc) is 2.63. The summed E-state index contributed by atoms with van der Waals surface area (Å²) in [5.74, 6) is -0.221. The number of carbonyl (C=O) groups excluding carboxylic acids is 1. The molecule has 0 heterocycles. The molecule has 1 aliphatic carbocycles. The lowest BCUT2D eigenvalue weighted by atomic mass is 9.71. The summed E-state index contributed by atoms with van der Waals surface area (Å²) in [4.78, 5) is 14.6. The van der Waals surface area contributed by atoms with Gasteiger partial charge in [-0.2, -0.15) is 0 Å². The topological polar surface area (TPSA) is 70.0 Å². The van der Waals surface area contributed by atoms with Gasteiger partial charge in [0.2, 0.25) is 0 Å². The monoisotopic (exact) mass is 383 g/mol. The van der Waals surface area contributed by atoms with E-state index in [1.54, 1.807) is 30.3 Å². The summed E-state index contributed by atoms with van der Waals surface area (Å²) in [5, 5.41) is 21.5. The lowest BCUT2D eigenvalue weighted by Crippen LogP contribution is -2.43. The highest BCUT2D eigenvalue weighted by Crippen LogP contribution is 2.42. The van der Waals surface area contributed by atoms with Gasteiger partial charge in [0.05, 0.1) is 5.60 Å². The zero-order chi connectivity index (χ0) is 20.3. The first-order chi connectivity index (χ1) is 13.3. The molecule has 150 valence electrons. The van der Waals surface area contributed by atoms with Crippen molar-refractivity contribution in [3.8, 4) is 11.5 Å². The highest BCUT2D eigenvalue weighted by molar-refractivity contribution is 5.93. The van der Waals surface area contributed by atoms with E-state index in [1.165, 1.54) is 6.07 Å². The van der Waals surface area contributed by atoms with Gasteiger partial charge in [-0.1, -0.05) is 31.0 Å². The molecule has 1 saturated carbocycles. The molecular weight excluding hydrogens is 354 g/mol. The summed E-state index contributed by atoms with van der Waals surface area (Å²) < 4.78 is 5.49. The normalized spacial score (nSPS) is 22.2. The SMILES string of the molecule is Cc1ccc(C(=O)Oc2cccc(C3(O)CCCCC3CN(C)C)c2)c(O)c1. The third-order valence-corrected chi connectivity index (χ3v) is 5.54. The maximum absolute atomic E-state index is 12.5. The van der Waals surface area contributed by atoms with Crippen molar-refractivity contribution in [3.63, 3.8) is 0 Å². The fraction of sp³-hybridized carbons (Fsp3) is 0.435. The molecule has 2 aromatic carbocycles. The maximum atomic E-state index is 12.5. The molecule has 1 aliphatic rings. The second-order valence-electron chi connectivity index (χ2n) is 8.07. The molecule has 2 unspecified atom stereocenters. The van der Waals surface area contributed by atoms with E-state index >= 15 is 0 Å². The van der Waals surface area contributed by atoms with Gasteiger partial charge in [-0.05, 0) is 69.3 Å². The molecule has 0 saturated heterocycles. The van der Waals surface area contributed by atoms with Crippen LogP contribution in [0.15, 0.2) is 42.5 Å². The summed E-state index contributed by atoms with van der Waals surface area (Å²) >= 11 is 0. The van der Waals surface area contributed by atoms with Crippen LogP contribution < -0.4 is 4.74 Å². The molecule has 2 atom stereocenters. The first-order valence-electron chi connectivity index (χ1n) is 9.79. The fourth-order valence-corrected chi connectivity index (χ4v) is 4.10. The predicted molar refractivity (Wildman–Crippen MR) is 109 cm³/mol. The van der Waals surface area contributed by atoms with Gasteiger partial charge in [-0.15, -0.1) is 0 Å². The number of carbonyl (C=O) groups is 1. The number of nitrogens with zero attached hydrogens (tertiary/aromatic N) is 1. The molecule has 28 heavy (non-hydrogen) atoms. The van der Waals surface area contributed by atoms with E-state index in [2.05, 4.69) is 4.90 Å². The van der Waals surface area contributed by atoms with E-state index in [9.17, 15) is 15.0 Å². The number of aromatic hydroxyl groups is 1. The van der Waals surface area contributed by atoms with E-state index in [1.807, 2.05) is 27.1 Å². The highest BCUT2D eigenvalue weighted by Gasteiger charge is 2.40. The minimum Gasteiger partial charge on any atom is -0.507 e. The van der Waals surface area contributed by atoms with Crippen molar-refractivity contribution in [2.45, 2.75) is 38.2 Å². The minimum absolute atomic E-state index is 0.0990. The number of ether oxygens (including phenoxy) is 1. The van der Waals surface area contributed by atoms with E-state index < -0.39 is 11.6 Å². The zero-order valence-corrected chi connectivity index (χ0v) is 16.8. The Hall–Kier alpha value is -2.37. The molecule has 0 radical (unpaired) electrons. The van der Waals surface area contributed by atoms with Gasteiger partial charge < -0.3 is 19.8 Å². The zero-order valence-electron chi connectivity index (χ0n) is 16.8. The molecule has 5 heteroatoms. The summed E-state index contributed by atoms with van der Waals surface area (Å²) in [6.07, 6.45) is 3.75. The van der Waals surface area contributed by atoms with Crippen molar-refractivity contribution in [1.29, 1.82) is 0 Å². The Bertz CT molecular complexity index is 848. The van der Waals surface area contributed by atoms with Gasteiger partial charge in [-0.25, -0.2) is 4.79 Å². The van der Waals surface area contributed by atoms with Crippen LogP contribution in [0, 0.1) is 12.8 Å². The van der Waals surface area contributed by atoms with Crippen molar-refractivity contribution in [1.82, 2.24) is 4.90 Å². The van der Waals surface area contributed by atoms with Gasteiger partial charge in [0.1, 0.15) is 17.1 Å². The number of benzene rings is 2. The molecule has 3 rings (SSSR count). The van der Waals surface area contributed by atoms with Crippen LogP contribution in [-0.4, -0.2) is 41.7 Å². The summed E-state index contributed by atoms with van der Waals surface area (Å²) in [5.41, 5.74) is 0.828. The Labute approximate surface area is 166 Å². The number of rotatable bonds is 5. The average molecular weight is 383 g/mol. The summed E-state index contributed by atoms with van der Waals surface area (Å²) in [6, 6.07) is 12.0. The molecule has 0 amide bonds. The third kappa shape index (κ3) is 4.37. The third-order valence-electron chi connectivity index (χ3n) is 5.54. The van der Waals surface area contributed by atoms with Crippen LogP contribution in [0.1, 0.15) is 47.2 Å². The Morgan fingerprint density at radius 2 is 2.00 bits per heavy atom. The molecule has 2 aromatic rings. The van der Waals surface area contributed by atoms with Gasteiger partial charge in [0.15, 0.2) is 0 Å². The van der Waals surface area contributed by atoms with Crippen molar-refractivity contribution in [2.24, 2.45) is 5.92 Å². The molecule has 2 N–H and O–H groups in total. The molecule has 1 fully saturated rings. The number of aliphatic hydroxyl groups is 1. The van der Waals surface area contributed by atoms with Crippen LogP contribution >= 0.6 is 0 Å². The first-order valence-corrected chi connectivity index (χ1v) is 9.79. The van der Waals surface area contributed by atoms with E-state index in [0.29, 0.717) is 12.2 Å². The van der Waals surface area contributed by atoms with Crippen molar-refractivity contribution in [2.75, 3.05) is 20.6 Å². The maximum Gasteiger partial charge on any atom is 0.347 e. The van der Waals surface area contributed by atoms with Gasteiger partial charge >= 0.3 is 5.97 Å². The van der Waals surface area contributed by atoms with Crippen molar-refractivity contribution < 1.29 is 19.7 Å². The highest BCUT2D eigenvalue weighted by atomic mass is 16.5. The largest absolute Gasteiger partial charge is 0.507 e. The van der Waals surface area contributed by atoms with Gasteiger partial charge in [0.25, 0.3) is 0 Å². The first kappa shape index (κ1) is 20.4. The summed E-state index contributed by atoms with van der Waals surface area (Å²) in [7, 11) is 4.03. The second-order valence-corrected chi connectivity index (χ2v) is 8.07. The van der Waals surface area contributed by atoms with Crippen LogP contribution in [-0.2, 0) is 5.60 Å². The summed E-state index contributed by atoms with van der Waals surface area (Å²) in [6.45, 7) is 2.64. The molecule has 0 aliphatic heterocycles. The standard InChI is InChI=1S/C23H29NO4/c1-16-10-11-20(21(25)13-16)22(26)28-19-9-6-8-17(14-19)23(27)12-5-4-7-18(23)15-24(2)3/h6,8-11,13-14,18,25,27H,4-5,7,12,15H2,1-3H3. The van der Waals surface area contributed by atoms with E-state index in [4.69, 9.17) is 4.74 Å². The lowest BCUT2D eigenvalue weighted by molar-refractivity contribution is -0.0619.